The second kappa shape index (κ2) is 9.20. The molecule has 3 saturated heterocycles. The van der Waals surface area contributed by atoms with Crippen LogP contribution in [-0.4, -0.2) is 91.9 Å². The first kappa shape index (κ1) is 19.6. The molecule has 0 bridgehead atoms. The lowest BCUT2D eigenvalue weighted by atomic mass is 10.0. The molecule has 0 N–H and O–H groups in total. The van der Waals surface area contributed by atoms with Crippen molar-refractivity contribution in [2.24, 2.45) is 0 Å². The molecule has 0 spiro atoms. The first-order valence-electron chi connectivity index (χ1n) is 10.7. The standard InChI is InChI=1S/C21H32N4O3/c1-2-19-16-25(11-14-28-19)20-4-3-17(15-22-20)21(26)24-7-5-18(6-8-24)23-9-12-27-13-10-23/h3-4,15,18-19H,2,5-14,16H2,1H3/t19-/m1/s1. The predicted octanol–water partition coefficient (Wildman–Crippen LogP) is 1.63. The van der Waals surface area contributed by atoms with Gasteiger partial charge in [0.25, 0.3) is 5.91 Å². The van der Waals surface area contributed by atoms with Crippen molar-refractivity contribution in [3.05, 3.63) is 23.9 Å². The Bertz CT molecular complexity index is 640. The zero-order chi connectivity index (χ0) is 19.3. The fourth-order valence-electron chi connectivity index (χ4n) is 4.43. The normalized spacial score (nSPS) is 25.1. The number of hydrogen-bond acceptors (Lipinski definition) is 6. The van der Waals surface area contributed by atoms with Crippen LogP contribution in [0.15, 0.2) is 18.3 Å². The molecule has 0 aliphatic carbocycles. The van der Waals surface area contributed by atoms with Crippen LogP contribution in [0.2, 0.25) is 0 Å². The smallest absolute Gasteiger partial charge is 0.255 e. The molecule has 3 aliphatic heterocycles. The summed E-state index contributed by atoms with van der Waals surface area (Å²) in [6.07, 6.45) is 5.10. The fourth-order valence-corrected chi connectivity index (χ4v) is 4.43. The molecule has 0 unspecified atom stereocenters. The van der Waals surface area contributed by atoms with E-state index in [0.29, 0.717) is 11.6 Å². The van der Waals surface area contributed by atoms with Crippen molar-refractivity contribution >= 4 is 11.7 Å². The Morgan fingerprint density at radius 3 is 2.57 bits per heavy atom. The van der Waals surface area contributed by atoms with Crippen molar-refractivity contribution in [1.82, 2.24) is 14.8 Å². The number of pyridine rings is 1. The molecule has 1 atom stereocenters. The summed E-state index contributed by atoms with van der Waals surface area (Å²) < 4.78 is 11.2. The van der Waals surface area contributed by atoms with Gasteiger partial charge in [0.1, 0.15) is 5.82 Å². The lowest BCUT2D eigenvalue weighted by molar-refractivity contribution is 0.00158. The van der Waals surface area contributed by atoms with E-state index in [4.69, 9.17) is 9.47 Å². The van der Waals surface area contributed by atoms with E-state index in [1.165, 1.54) is 0 Å². The summed E-state index contributed by atoms with van der Waals surface area (Å²) >= 11 is 0. The molecule has 1 aromatic heterocycles. The minimum absolute atomic E-state index is 0.105. The molecule has 1 aromatic rings. The van der Waals surface area contributed by atoms with Crippen molar-refractivity contribution in [3.8, 4) is 0 Å². The van der Waals surface area contributed by atoms with Crippen LogP contribution in [0.1, 0.15) is 36.5 Å². The number of carbonyl (C=O) groups excluding carboxylic acids is 1. The fraction of sp³-hybridized carbons (Fsp3) is 0.714. The quantitative estimate of drug-likeness (QED) is 0.782. The van der Waals surface area contributed by atoms with Crippen molar-refractivity contribution in [1.29, 1.82) is 0 Å². The Morgan fingerprint density at radius 1 is 1.11 bits per heavy atom. The summed E-state index contributed by atoms with van der Waals surface area (Å²) in [5.41, 5.74) is 0.689. The molecule has 4 heterocycles. The minimum Gasteiger partial charge on any atom is -0.379 e. The highest BCUT2D eigenvalue weighted by molar-refractivity contribution is 5.94. The molecule has 0 radical (unpaired) electrons. The van der Waals surface area contributed by atoms with Gasteiger partial charge in [-0.1, -0.05) is 6.92 Å². The maximum Gasteiger partial charge on any atom is 0.255 e. The van der Waals surface area contributed by atoms with E-state index in [1.807, 2.05) is 17.0 Å². The molecular formula is C21H32N4O3. The molecule has 154 valence electrons. The van der Waals surface area contributed by atoms with Crippen molar-refractivity contribution in [2.45, 2.75) is 38.3 Å². The monoisotopic (exact) mass is 388 g/mol. The van der Waals surface area contributed by atoms with Crippen molar-refractivity contribution in [3.63, 3.8) is 0 Å². The molecule has 4 rings (SSSR count). The topological polar surface area (TPSA) is 58.1 Å². The van der Waals surface area contributed by atoms with Crippen LogP contribution >= 0.6 is 0 Å². The zero-order valence-electron chi connectivity index (χ0n) is 16.9. The number of morpholine rings is 2. The minimum atomic E-state index is 0.105. The number of hydrogen-bond donors (Lipinski definition) is 0. The maximum absolute atomic E-state index is 12.9. The number of aromatic nitrogens is 1. The summed E-state index contributed by atoms with van der Waals surface area (Å²) in [6, 6.07) is 4.49. The van der Waals surface area contributed by atoms with Gasteiger partial charge in [-0.3, -0.25) is 9.69 Å². The molecule has 1 amide bonds. The van der Waals surface area contributed by atoms with Gasteiger partial charge in [0.05, 0.1) is 31.5 Å². The van der Waals surface area contributed by atoms with Crippen LogP contribution in [0.25, 0.3) is 0 Å². The second-order valence-corrected chi connectivity index (χ2v) is 7.92. The lowest BCUT2D eigenvalue weighted by Gasteiger charge is -2.40. The molecule has 0 aromatic carbocycles. The number of piperidine rings is 1. The Balaban J connectivity index is 1.31. The molecule has 7 nitrogen and oxygen atoms in total. The van der Waals surface area contributed by atoms with Gasteiger partial charge in [-0.15, -0.1) is 0 Å². The first-order chi connectivity index (χ1) is 13.7. The SMILES string of the molecule is CC[C@@H]1CN(c2ccc(C(=O)N3CCC(N4CCOCC4)CC3)cn2)CCO1. The summed E-state index contributed by atoms with van der Waals surface area (Å²) in [5.74, 6) is 1.04. The number of carbonyl (C=O) groups is 1. The largest absolute Gasteiger partial charge is 0.379 e. The Morgan fingerprint density at radius 2 is 1.89 bits per heavy atom. The summed E-state index contributed by atoms with van der Waals surface area (Å²) in [5, 5.41) is 0. The van der Waals surface area contributed by atoms with Crippen LogP contribution in [0.4, 0.5) is 5.82 Å². The third kappa shape index (κ3) is 4.47. The van der Waals surface area contributed by atoms with Crippen LogP contribution < -0.4 is 4.90 Å². The van der Waals surface area contributed by atoms with Crippen LogP contribution in [-0.2, 0) is 9.47 Å². The van der Waals surface area contributed by atoms with Crippen LogP contribution in [0, 0.1) is 0 Å². The van der Waals surface area contributed by atoms with Gasteiger partial charge in [0, 0.05) is 51.5 Å². The highest BCUT2D eigenvalue weighted by Crippen LogP contribution is 2.21. The molecule has 0 saturated carbocycles. The number of ether oxygens (including phenoxy) is 2. The maximum atomic E-state index is 12.9. The molecule has 3 fully saturated rings. The summed E-state index contributed by atoms with van der Waals surface area (Å²) in [7, 11) is 0. The second-order valence-electron chi connectivity index (χ2n) is 7.92. The van der Waals surface area contributed by atoms with E-state index >= 15 is 0 Å². The average Bonchev–Trinajstić information content (AvgIpc) is 2.79. The molecule has 7 heteroatoms. The Labute approximate surface area is 167 Å². The Kier molecular flexibility index (Phi) is 6.44. The van der Waals surface area contributed by atoms with Gasteiger partial charge in [-0.05, 0) is 31.4 Å². The van der Waals surface area contributed by atoms with Crippen molar-refractivity contribution in [2.75, 3.05) is 64.0 Å². The zero-order valence-corrected chi connectivity index (χ0v) is 16.9. The number of amides is 1. The molecular weight excluding hydrogens is 356 g/mol. The first-order valence-corrected chi connectivity index (χ1v) is 10.7. The van der Waals surface area contributed by atoms with E-state index in [2.05, 4.69) is 21.7 Å². The van der Waals surface area contributed by atoms with E-state index in [9.17, 15) is 4.79 Å². The Hall–Kier alpha value is -1.70. The summed E-state index contributed by atoms with van der Waals surface area (Å²) in [4.78, 5) is 24.2. The van der Waals surface area contributed by atoms with Gasteiger partial charge in [-0.2, -0.15) is 0 Å². The van der Waals surface area contributed by atoms with E-state index in [0.717, 1.165) is 84.2 Å². The number of nitrogens with zero attached hydrogens (tertiary/aromatic N) is 4. The van der Waals surface area contributed by atoms with Crippen LogP contribution in [0.5, 0.6) is 0 Å². The van der Waals surface area contributed by atoms with Gasteiger partial charge in [0.2, 0.25) is 0 Å². The molecule has 3 aliphatic rings. The van der Waals surface area contributed by atoms with Gasteiger partial charge >= 0.3 is 0 Å². The van der Waals surface area contributed by atoms with E-state index in [1.54, 1.807) is 6.20 Å². The van der Waals surface area contributed by atoms with Gasteiger partial charge in [-0.25, -0.2) is 4.98 Å². The lowest BCUT2D eigenvalue weighted by Crippen LogP contribution is -2.50. The van der Waals surface area contributed by atoms with E-state index in [-0.39, 0.29) is 12.0 Å². The van der Waals surface area contributed by atoms with Crippen molar-refractivity contribution < 1.29 is 14.3 Å². The highest BCUT2D eigenvalue weighted by atomic mass is 16.5. The van der Waals surface area contributed by atoms with E-state index < -0.39 is 0 Å². The average molecular weight is 389 g/mol. The predicted molar refractivity (Wildman–Crippen MR) is 108 cm³/mol. The molecule has 28 heavy (non-hydrogen) atoms. The van der Waals surface area contributed by atoms with Gasteiger partial charge in [0.15, 0.2) is 0 Å². The highest BCUT2D eigenvalue weighted by Gasteiger charge is 2.28. The number of rotatable bonds is 4. The third-order valence-corrected chi connectivity index (χ3v) is 6.23. The third-order valence-electron chi connectivity index (χ3n) is 6.23. The number of anilines is 1. The van der Waals surface area contributed by atoms with Gasteiger partial charge < -0.3 is 19.3 Å². The number of likely N-dealkylation sites (tertiary alicyclic amines) is 1. The summed E-state index contributed by atoms with van der Waals surface area (Å²) in [6.45, 7) is 9.95. The van der Waals surface area contributed by atoms with Crippen LogP contribution in [0.3, 0.4) is 0 Å².